The van der Waals surface area contributed by atoms with E-state index in [2.05, 4.69) is 16.0 Å². The van der Waals surface area contributed by atoms with Crippen LogP contribution in [0.5, 0.6) is 5.75 Å². The number of urea groups is 1. The van der Waals surface area contributed by atoms with Gasteiger partial charge in [-0.1, -0.05) is 62.4 Å². The minimum absolute atomic E-state index is 0.0124. The number of nitrogens with zero attached hydrogens (tertiary/aromatic N) is 4. The highest BCUT2D eigenvalue weighted by molar-refractivity contribution is 7.86. The summed E-state index contributed by atoms with van der Waals surface area (Å²) in [6.07, 6.45) is 8.35. The minimum Gasteiger partial charge on any atom is -0.480 e. The third kappa shape index (κ3) is 27.4. The smallest absolute Gasteiger partial charge is 0.327 e. The van der Waals surface area contributed by atoms with Crippen molar-refractivity contribution in [2.24, 2.45) is 0 Å². The van der Waals surface area contributed by atoms with E-state index < -0.39 is 151 Å². The summed E-state index contributed by atoms with van der Waals surface area (Å²) in [4.78, 5) is 94.0. The van der Waals surface area contributed by atoms with Crippen LogP contribution in [-0.4, -0.2) is 243 Å². The molecule has 0 fully saturated rings. The van der Waals surface area contributed by atoms with E-state index in [0.717, 1.165) is 0 Å². The molecular weight excluding hydrogens is 1590 g/mol. The normalized spacial score (nSPS) is 16.8. The molecule has 13 N–H and O–H groups in total. The average Bonchev–Trinajstić information content (AvgIpc) is 1.59. The van der Waals surface area contributed by atoms with Gasteiger partial charge in [0, 0.05) is 106 Å². The molecule has 2 aliphatic heterocycles. The molecule has 2 heterocycles. The number of carbonyl (C=O) groups excluding carboxylic acids is 4. The van der Waals surface area contributed by atoms with Crippen LogP contribution in [0.25, 0.3) is 0 Å². The van der Waals surface area contributed by atoms with Gasteiger partial charge in [-0.25, -0.2) is 19.2 Å². The van der Waals surface area contributed by atoms with Crippen molar-refractivity contribution in [3.05, 3.63) is 160 Å². The van der Waals surface area contributed by atoms with E-state index in [-0.39, 0.29) is 93.1 Å². The molecule has 1 aliphatic carbocycles. The van der Waals surface area contributed by atoms with E-state index >= 15 is 0 Å². The van der Waals surface area contributed by atoms with Crippen LogP contribution in [0, 0.1) is 0 Å². The molecule has 35 nitrogen and oxygen atoms in total. The second kappa shape index (κ2) is 39.3. The Balaban J connectivity index is 1.08. The molecule has 0 unspecified atom stereocenters. The number of benzene rings is 4. The number of carboxylic acid groups (broad SMARTS) is 3. The summed E-state index contributed by atoms with van der Waals surface area (Å²) in [7, 11) is -19.3. The summed E-state index contributed by atoms with van der Waals surface area (Å²) in [5, 5.41) is 41.1. The molecule has 0 saturated heterocycles. The standard InChI is InChI=1S/C74H97N9O26S5/c1-73(2)55-45-53(113(103,104)105)25-28-61(55)82(35-10-12-41-110(94,95)96)63(73)30-21-50-17-14-18-51(22-31-64-74(3,4)56-46-54(114(106,107)108)26-29-62(56)83(64)36-11-13-42-111(97,98)99)67(50)109-52-23-19-49(20-24-52)44-59(70(89)90)77-68(86)58(43-48-15-8-7-9-16-48)76-66(85)33-37-80(5)39-40-81(6)38-34-75-65(84)32-27-57(69(87)88)78-72(93)79-60(71(91)92)47-112(100,101)102/h7-9,15-16,19-26,28-31,45-46,57-60H,10-14,17-18,27,32-44,47H2,1-6H3,(H12-,75,76,77,78,79,84,85,86,87,88,89,90,91,92,93,94,95,96,97,98,99,100,101,102,103,104,105,106,107,108)/p+1/t57-,58-,59-,60-/m0/s1. The average molecular weight is 1690 g/mol. The van der Waals surface area contributed by atoms with Crippen molar-refractivity contribution >= 4 is 109 Å². The van der Waals surface area contributed by atoms with Gasteiger partial charge in [0.25, 0.3) is 50.6 Å². The fraction of sp³-hybridized carbons (Fsp3) is 0.459. The lowest BCUT2D eigenvalue weighted by molar-refractivity contribution is -0.438. The molecular formula is C74H98N9O26S5+. The zero-order chi connectivity index (χ0) is 84.5. The van der Waals surface area contributed by atoms with Crippen LogP contribution in [0.3, 0.4) is 0 Å². The summed E-state index contributed by atoms with van der Waals surface area (Å²) in [5.41, 5.74) is 4.05. The Morgan fingerprint density at radius 3 is 1.74 bits per heavy atom. The van der Waals surface area contributed by atoms with Crippen LogP contribution >= 0.6 is 0 Å². The number of ether oxygens (including phenoxy) is 1. The van der Waals surface area contributed by atoms with Gasteiger partial charge in [0.05, 0.1) is 26.7 Å². The molecule has 624 valence electrons. The number of hydrogen-bond donors (Lipinski definition) is 13. The Kier molecular flexibility index (Phi) is 31.7. The van der Waals surface area contributed by atoms with Crippen LogP contribution in [0.4, 0.5) is 16.2 Å². The first-order valence-corrected chi connectivity index (χ1v) is 44.0. The molecule has 0 bridgehead atoms. The monoisotopic (exact) mass is 1690 g/mol. The van der Waals surface area contributed by atoms with Gasteiger partial charge in [0.1, 0.15) is 48.0 Å². The Labute approximate surface area is 662 Å². The molecule has 3 aliphatic rings. The van der Waals surface area contributed by atoms with E-state index in [1.54, 1.807) is 86.1 Å². The van der Waals surface area contributed by atoms with E-state index in [0.29, 0.717) is 101 Å². The zero-order valence-corrected chi connectivity index (χ0v) is 67.7. The van der Waals surface area contributed by atoms with E-state index in [4.69, 9.17) is 9.29 Å². The SMILES string of the molecule is CN(CCNC(=O)CC[C@H](NC(=O)N[C@@H](CS(=O)(=O)O)C(=O)O)C(=O)O)CCN(C)CCC(=O)N[C@@H](Cc1ccccc1)C(=O)N[C@@H](Cc1ccc(OC2=C(/C=C/C3=[N+](CCCCS(=O)(=O)O)c4ccc(S(=O)(=O)O)cc4C3(C)C)CCC/C2=C\C=C2\N(CCCCS(=O)(=O)O)c3ccc(S(=O)(=O)O)cc3C2(C)C)cc1)C(=O)O. The van der Waals surface area contributed by atoms with E-state index in [1.807, 2.05) is 76.6 Å². The lowest BCUT2D eigenvalue weighted by Crippen LogP contribution is -2.53. The van der Waals surface area contributed by atoms with Gasteiger partial charge >= 0.3 is 23.9 Å². The number of amides is 5. The summed E-state index contributed by atoms with van der Waals surface area (Å²) in [6, 6.07) is 15.6. The number of carboxylic acids is 3. The molecule has 5 amide bonds. The maximum absolute atomic E-state index is 14.3. The van der Waals surface area contributed by atoms with Crippen molar-refractivity contribution in [3.63, 3.8) is 0 Å². The highest BCUT2D eigenvalue weighted by Gasteiger charge is 2.46. The van der Waals surface area contributed by atoms with Crippen molar-refractivity contribution in [1.29, 1.82) is 0 Å². The lowest BCUT2D eigenvalue weighted by Gasteiger charge is -2.27. The van der Waals surface area contributed by atoms with Crippen LogP contribution in [0.1, 0.15) is 114 Å². The third-order valence-corrected chi connectivity index (χ3v) is 23.6. The highest BCUT2D eigenvalue weighted by atomic mass is 32.2. The summed E-state index contributed by atoms with van der Waals surface area (Å²) >= 11 is 0. The van der Waals surface area contributed by atoms with Crippen LogP contribution in [0.15, 0.2) is 148 Å². The Bertz CT molecular complexity index is 5010. The Morgan fingerprint density at radius 1 is 0.570 bits per heavy atom. The highest BCUT2D eigenvalue weighted by Crippen LogP contribution is 2.49. The van der Waals surface area contributed by atoms with E-state index in [9.17, 15) is 109 Å². The number of hydrogen-bond acceptors (Lipinski definition) is 21. The van der Waals surface area contributed by atoms with Crippen molar-refractivity contribution in [1.82, 2.24) is 36.4 Å². The number of anilines is 1. The van der Waals surface area contributed by atoms with Gasteiger partial charge in [0.2, 0.25) is 23.4 Å². The van der Waals surface area contributed by atoms with Crippen molar-refractivity contribution in [2.45, 2.75) is 150 Å². The molecule has 0 spiro atoms. The minimum atomic E-state index is -4.84. The van der Waals surface area contributed by atoms with Gasteiger partial charge in [-0.2, -0.15) is 46.7 Å². The van der Waals surface area contributed by atoms with E-state index in [1.165, 1.54) is 24.3 Å². The van der Waals surface area contributed by atoms with Gasteiger partial charge < -0.3 is 61.3 Å². The number of allylic oxidation sites excluding steroid dienone is 7. The predicted octanol–water partition coefficient (Wildman–Crippen LogP) is 4.66. The number of fused-ring (bicyclic) bond motifs is 2. The summed E-state index contributed by atoms with van der Waals surface area (Å²) < 4.78 is 177. The van der Waals surface area contributed by atoms with Gasteiger partial charge in [-0.05, 0) is 155 Å². The third-order valence-electron chi connectivity index (χ3n) is 19.5. The second-order valence-electron chi connectivity index (χ2n) is 29.1. The topological polar surface area (TPSA) is 534 Å². The summed E-state index contributed by atoms with van der Waals surface area (Å²) in [5.74, 6) is -8.41. The number of nitrogens with one attached hydrogen (secondary N) is 5. The number of aliphatic carboxylic acids is 3. The zero-order valence-electron chi connectivity index (χ0n) is 63.6. The fourth-order valence-electron chi connectivity index (χ4n) is 13.4. The van der Waals surface area contributed by atoms with Gasteiger partial charge in [-0.15, -0.1) is 0 Å². The quantitative estimate of drug-likeness (QED) is 0.0163. The van der Waals surface area contributed by atoms with Crippen LogP contribution in [-0.2, 0) is 103 Å². The molecule has 7 rings (SSSR count). The number of unbranched alkanes of at least 4 members (excludes halogenated alkanes) is 2. The summed E-state index contributed by atoms with van der Waals surface area (Å²) in [6.45, 7) is 9.40. The number of likely N-dealkylation sites (N-methyl/N-ethyl adjacent to an activating group) is 2. The molecule has 4 aromatic rings. The first kappa shape index (κ1) is 91.8. The molecule has 4 aromatic carbocycles. The Morgan fingerprint density at radius 2 is 1.14 bits per heavy atom. The maximum Gasteiger partial charge on any atom is 0.327 e. The van der Waals surface area contributed by atoms with Crippen LogP contribution < -0.4 is 36.2 Å². The van der Waals surface area contributed by atoms with Gasteiger partial charge in [-0.3, -0.25) is 37.1 Å². The molecule has 40 heteroatoms. The molecule has 4 atom stereocenters. The second-order valence-corrected chi connectivity index (χ2v) is 36.6. The fourth-order valence-corrected chi connectivity index (χ4v) is 16.2. The molecule has 114 heavy (non-hydrogen) atoms. The lowest BCUT2D eigenvalue weighted by atomic mass is 9.81. The molecule has 0 radical (unpaired) electrons. The van der Waals surface area contributed by atoms with Crippen molar-refractivity contribution in [2.75, 3.05) is 82.1 Å². The Hall–Kier alpha value is -9.33. The first-order chi connectivity index (χ1) is 53.1. The van der Waals surface area contributed by atoms with Crippen molar-refractivity contribution in [3.8, 4) is 5.75 Å². The molecule has 0 saturated carbocycles. The molecule has 0 aromatic heterocycles. The number of carbonyl (C=O) groups is 7. The van der Waals surface area contributed by atoms with Crippen LogP contribution in [0.2, 0.25) is 0 Å². The van der Waals surface area contributed by atoms with Crippen molar-refractivity contribution < 1.29 is 123 Å². The first-order valence-electron chi connectivity index (χ1n) is 36.2. The maximum atomic E-state index is 14.3. The number of rotatable bonds is 43. The largest absolute Gasteiger partial charge is 0.480 e. The van der Waals surface area contributed by atoms with Gasteiger partial charge in [0.15, 0.2) is 5.71 Å². The predicted molar refractivity (Wildman–Crippen MR) is 418 cm³/mol.